The molecule has 0 bridgehead atoms. The maximum Gasteiger partial charge on any atom is 0.0701 e. The van der Waals surface area contributed by atoms with Crippen LogP contribution in [0.2, 0.25) is 0 Å². The Morgan fingerprint density at radius 2 is 1.71 bits per heavy atom. The Morgan fingerprint density at radius 3 is 2.39 bits per heavy atom. The van der Waals surface area contributed by atoms with Crippen molar-refractivity contribution in [2.24, 2.45) is 5.92 Å². The summed E-state index contributed by atoms with van der Waals surface area (Å²) in [5.74, 6) is 1.10. The Bertz CT molecular complexity index is 1030. The fraction of sp³-hybridized carbons (Fsp3) is 0.385. The molecule has 0 amide bonds. The molecule has 1 nitrogen and oxygen atoms in total. The second-order valence-corrected chi connectivity index (χ2v) is 9.04. The molecule has 0 fully saturated rings. The van der Waals surface area contributed by atoms with Crippen molar-refractivity contribution in [2.75, 3.05) is 0 Å². The maximum atomic E-state index is 3.54. The van der Waals surface area contributed by atoms with Crippen molar-refractivity contribution < 1.29 is 0 Å². The number of hydrogen-bond donors (Lipinski definition) is 1. The monoisotopic (exact) mass is 391 g/mol. The lowest BCUT2D eigenvalue weighted by Gasteiger charge is -2.23. The lowest BCUT2D eigenvalue weighted by Crippen LogP contribution is -2.18. The van der Waals surface area contributed by atoms with E-state index in [4.69, 9.17) is 0 Å². The molecular formula is C26H33NS. The van der Waals surface area contributed by atoms with E-state index >= 15 is 0 Å². The van der Waals surface area contributed by atoms with Crippen molar-refractivity contribution in [3.05, 3.63) is 70.9 Å². The van der Waals surface area contributed by atoms with Crippen LogP contribution in [-0.4, -0.2) is 0 Å². The molecule has 1 aromatic heterocycles. The summed E-state index contributed by atoms with van der Waals surface area (Å²) in [4.78, 5) is 0. The van der Waals surface area contributed by atoms with Crippen molar-refractivity contribution in [1.29, 1.82) is 0 Å². The van der Waals surface area contributed by atoms with Crippen LogP contribution in [-0.2, 0) is 0 Å². The van der Waals surface area contributed by atoms with Gasteiger partial charge in [-0.1, -0.05) is 65.8 Å². The van der Waals surface area contributed by atoms with Gasteiger partial charge in [0.25, 0.3) is 0 Å². The van der Waals surface area contributed by atoms with E-state index in [2.05, 4.69) is 88.6 Å². The first-order valence-electron chi connectivity index (χ1n) is 10.6. The van der Waals surface area contributed by atoms with Gasteiger partial charge in [0.1, 0.15) is 0 Å². The number of thiophene rings is 1. The number of allylic oxidation sites excluding steroid dienone is 2. The third-order valence-corrected chi connectivity index (χ3v) is 6.67. The summed E-state index contributed by atoms with van der Waals surface area (Å²) in [7, 11) is 0. The molecule has 0 spiro atoms. The van der Waals surface area contributed by atoms with E-state index in [9.17, 15) is 0 Å². The van der Waals surface area contributed by atoms with Crippen molar-refractivity contribution in [3.63, 3.8) is 0 Å². The molecule has 1 aliphatic rings. The maximum absolute atomic E-state index is 3.54. The minimum atomic E-state index is 0.255. The van der Waals surface area contributed by atoms with E-state index in [1.807, 2.05) is 25.2 Å². The average molecular weight is 392 g/mol. The molecule has 4 rings (SSSR count). The van der Waals surface area contributed by atoms with Gasteiger partial charge in [-0.3, -0.25) is 0 Å². The third kappa shape index (κ3) is 3.75. The van der Waals surface area contributed by atoms with E-state index in [0.29, 0.717) is 11.8 Å². The Kier molecular flexibility index (Phi) is 6.30. The van der Waals surface area contributed by atoms with Crippen LogP contribution in [0.5, 0.6) is 0 Å². The van der Waals surface area contributed by atoms with Gasteiger partial charge in [0, 0.05) is 20.2 Å². The number of nitrogens with one attached hydrogen (secondary N) is 1. The molecule has 3 aromatic rings. The Morgan fingerprint density at radius 1 is 0.964 bits per heavy atom. The predicted octanol–water partition coefficient (Wildman–Crippen LogP) is 8.25. The van der Waals surface area contributed by atoms with Gasteiger partial charge in [0.05, 0.1) is 6.04 Å². The largest absolute Gasteiger partial charge is 0.381 e. The second-order valence-electron chi connectivity index (χ2n) is 7.98. The summed E-state index contributed by atoms with van der Waals surface area (Å²) in [6.45, 7) is 15.3. The number of benzene rings is 2. The van der Waals surface area contributed by atoms with Gasteiger partial charge in [0.15, 0.2) is 0 Å². The van der Waals surface area contributed by atoms with E-state index in [0.717, 1.165) is 0 Å². The zero-order chi connectivity index (χ0) is 20.4. The molecule has 0 saturated heterocycles. The molecule has 1 N–H and O–H groups in total. The van der Waals surface area contributed by atoms with Crippen LogP contribution in [0, 0.1) is 12.8 Å². The van der Waals surface area contributed by atoms with Crippen LogP contribution in [0.1, 0.15) is 70.2 Å². The fourth-order valence-corrected chi connectivity index (χ4v) is 5.33. The number of dihydropyridines is 1. The fourth-order valence-electron chi connectivity index (χ4n) is 3.88. The van der Waals surface area contributed by atoms with Crippen molar-refractivity contribution in [3.8, 4) is 0 Å². The Balaban J connectivity index is 0.00000109. The standard InChI is InChI=1S/C24H27NS.C2H6/c1-14(2)17-9-10-25-22(12-17)20-13-21-19-8-6-7-18(15(3)4)24(19)26-23(21)11-16(20)5;1-2/h6-15,22,25H,1-5H3;1-2H3. The SMILES string of the molecule is CC.Cc1cc2sc3c(C(C)C)cccc3c2cc1C1C=C(C(C)C)C=CN1. The van der Waals surface area contributed by atoms with Gasteiger partial charge in [-0.25, -0.2) is 0 Å². The normalized spacial score (nSPS) is 16.3. The molecule has 1 unspecified atom stereocenters. The predicted molar refractivity (Wildman–Crippen MR) is 127 cm³/mol. The van der Waals surface area contributed by atoms with Crippen LogP contribution < -0.4 is 5.32 Å². The van der Waals surface area contributed by atoms with E-state index in [-0.39, 0.29) is 6.04 Å². The average Bonchev–Trinajstić information content (AvgIpc) is 3.06. The zero-order valence-corrected chi connectivity index (χ0v) is 19.1. The third-order valence-electron chi connectivity index (χ3n) is 5.45. The van der Waals surface area contributed by atoms with Crippen LogP contribution >= 0.6 is 11.3 Å². The minimum absolute atomic E-state index is 0.255. The first-order chi connectivity index (χ1) is 13.5. The molecule has 0 aliphatic carbocycles. The van der Waals surface area contributed by atoms with Crippen molar-refractivity contribution >= 4 is 31.5 Å². The summed E-state index contributed by atoms with van der Waals surface area (Å²) in [6.07, 6.45) is 6.68. The highest BCUT2D eigenvalue weighted by atomic mass is 32.1. The highest BCUT2D eigenvalue weighted by molar-refractivity contribution is 7.26. The van der Waals surface area contributed by atoms with E-state index in [1.54, 1.807) is 0 Å². The topological polar surface area (TPSA) is 12.0 Å². The molecule has 1 aliphatic heterocycles. The minimum Gasteiger partial charge on any atom is -0.381 e. The van der Waals surface area contributed by atoms with Gasteiger partial charge in [-0.05, 0) is 65.4 Å². The molecule has 2 aromatic carbocycles. The summed E-state index contributed by atoms with van der Waals surface area (Å²) < 4.78 is 2.85. The summed E-state index contributed by atoms with van der Waals surface area (Å²) in [5.41, 5.74) is 5.62. The number of hydrogen-bond acceptors (Lipinski definition) is 2. The van der Waals surface area contributed by atoms with Gasteiger partial charge in [-0.15, -0.1) is 11.3 Å². The van der Waals surface area contributed by atoms with Crippen LogP contribution in [0.3, 0.4) is 0 Å². The number of fused-ring (bicyclic) bond motifs is 3. The highest BCUT2D eigenvalue weighted by Crippen LogP contribution is 2.40. The van der Waals surface area contributed by atoms with Gasteiger partial charge >= 0.3 is 0 Å². The molecule has 1 atom stereocenters. The quantitative estimate of drug-likeness (QED) is 0.474. The lowest BCUT2D eigenvalue weighted by atomic mass is 9.92. The van der Waals surface area contributed by atoms with E-state index in [1.165, 1.54) is 42.4 Å². The first kappa shape index (κ1) is 20.7. The Labute approximate surface area is 174 Å². The smallest absolute Gasteiger partial charge is 0.0701 e. The van der Waals surface area contributed by atoms with Gasteiger partial charge in [0.2, 0.25) is 0 Å². The van der Waals surface area contributed by atoms with Crippen LogP contribution in [0.15, 0.2) is 54.3 Å². The Hall–Kier alpha value is -2.06. The summed E-state index contributed by atoms with van der Waals surface area (Å²) in [5, 5.41) is 6.33. The molecule has 2 heteroatoms. The van der Waals surface area contributed by atoms with Crippen molar-refractivity contribution in [1.82, 2.24) is 5.32 Å². The van der Waals surface area contributed by atoms with Crippen molar-refractivity contribution in [2.45, 2.75) is 60.4 Å². The summed E-state index contributed by atoms with van der Waals surface area (Å²) in [6, 6.07) is 11.8. The first-order valence-corrected chi connectivity index (χ1v) is 11.4. The molecule has 148 valence electrons. The zero-order valence-electron chi connectivity index (χ0n) is 18.3. The van der Waals surface area contributed by atoms with E-state index < -0.39 is 0 Å². The lowest BCUT2D eigenvalue weighted by molar-refractivity contribution is 0.696. The van der Waals surface area contributed by atoms with Gasteiger partial charge in [-0.2, -0.15) is 0 Å². The highest BCUT2D eigenvalue weighted by Gasteiger charge is 2.18. The molecule has 28 heavy (non-hydrogen) atoms. The van der Waals surface area contributed by atoms with Crippen LogP contribution in [0.25, 0.3) is 20.2 Å². The molecule has 0 radical (unpaired) electrons. The number of rotatable bonds is 3. The molecule has 0 saturated carbocycles. The van der Waals surface area contributed by atoms with Gasteiger partial charge < -0.3 is 5.32 Å². The molecular weight excluding hydrogens is 358 g/mol. The van der Waals surface area contributed by atoms with Crippen LogP contribution in [0.4, 0.5) is 0 Å². The molecule has 2 heterocycles. The second kappa shape index (κ2) is 8.53. The number of aryl methyl sites for hydroxylation is 1. The summed E-state index contributed by atoms with van der Waals surface area (Å²) >= 11 is 1.94.